The number of nitrogens with one attached hydrogen (secondary N) is 1. The maximum atomic E-state index is 12.9. The van der Waals surface area contributed by atoms with Crippen molar-refractivity contribution in [2.24, 2.45) is 0 Å². The zero-order chi connectivity index (χ0) is 18.3. The van der Waals surface area contributed by atoms with Crippen molar-refractivity contribution in [3.8, 4) is 5.69 Å². The molecule has 0 bridgehead atoms. The second kappa shape index (κ2) is 6.57. The maximum absolute atomic E-state index is 12.9. The molecule has 1 N–H and O–H groups in total. The summed E-state index contributed by atoms with van der Waals surface area (Å²) in [6.07, 6.45) is 5.48. The molecule has 3 aromatic rings. The first kappa shape index (κ1) is 16.8. The highest BCUT2D eigenvalue weighted by atomic mass is 35.5. The fourth-order valence-corrected chi connectivity index (χ4v) is 3.18. The van der Waals surface area contributed by atoms with E-state index in [1.165, 1.54) is 0 Å². The molecule has 26 heavy (non-hydrogen) atoms. The molecule has 1 aromatic carbocycles. The van der Waals surface area contributed by atoms with Crippen LogP contribution in [0.5, 0.6) is 0 Å². The van der Waals surface area contributed by atoms with E-state index in [0.717, 1.165) is 35.5 Å². The maximum Gasteiger partial charge on any atom is 0.259 e. The van der Waals surface area contributed by atoms with Crippen LogP contribution in [0.25, 0.3) is 5.69 Å². The summed E-state index contributed by atoms with van der Waals surface area (Å²) in [5, 5.41) is 8.13. The Morgan fingerprint density at radius 1 is 1.27 bits per heavy atom. The van der Waals surface area contributed by atoms with Gasteiger partial charge in [0.05, 0.1) is 34.5 Å². The van der Waals surface area contributed by atoms with Gasteiger partial charge in [-0.15, -0.1) is 0 Å². The first-order valence-electron chi connectivity index (χ1n) is 8.62. The predicted octanol–water partition coefficient (Wildman–Crippen LogP) is 4.67. The van der Waals surface area contributed by atoms with Crippen LogP contribution in [-0.2, 0) is 0 Å². The van der Waals surface area contributed by atoms with Crippen molar-refractivity contribution in [3.05, 3.63) is 70.3 Å². The largest absolute Gasteiger partial charge is 0.320 e. The van der Waals surface area contributed by atoms with E-state index in [0.29, 0.717) is 22.2 Å². The molecule has 0 atom stereocenters. The number of hydrogen-bond donors (Lipinski definition) is 1. The van der Waals surface area contributed by atoms with Crippen LogP contribution in [0.2, 0.25) is 5.02 Å². The highest BCUT2D eigenvalue weighted by Gasteiger charge is 2.33. The number of aromatic nitrogens is 3. The topological polar surface area (TPSA) is 59.8 Å². The molecule has 6 heteroatoms. The van der Waals surface area contributed by atoms with Gasteiger partial charge in [-0.05, 0) is 56.5 Å². The quantitative estimate of drug-likeness (QED) is 0.730. The van der Waals surface area contributed by atoms with Gasteiger partial charge in [0.15, 0.2) is 0 Å². The van der Waals surface area contributed by atoms with E-state index >= 15 is 0 Å². The minimum absolute atomic E-state index is 0.160. The molecule has 0 saturated heterocycles. The lowest BCUT2D eigenvalue weighted by Gasteiger charge is -2.11. The van der Waals surface area contributed by atoms with Crippen LogP contribution in [-0.4, -0.2) is 20.7 Å². The summed E-state index contributed by atoms with van der Waals surface area (Å²) < 4.78 is 1.84. The van der Waals surface area contributed by atoms with Crippen LogP contribution in [0, 0.1) is 13.8 Å². The molecule has 4 rings (SSSR count). The smallest absolute Gasteiger partial charge is 0.259 e. The van der Waals surface area contributed by atoms with Crippen molar-refractivity contribution in [1.82, 2.24) is 14.8 Å². The molecule has 0 aliphatic heterocycles. The molecular weight excluding hydrogens is 348 g/mol. The molecule has 0 radical (unpaired) electrons. The molecule has 5 nitrogen and oxygen atoms in total. The Morgan fingerprint density at radius 2 is 2.08 bits per heavy atom. The molecule has 2 heterocycles. The van der Waals surface area contributed by atoms with Crippen molar-refractivity contribution >= 4 is 23.2 Å². The molecule has 2 aromatic heterocycles. The van der Waals surface area contributed by atoms with E-state index in [9.17, 15) is 4.79 Å². The Hall–Kier alpha value is -2.66. The SMILES string of the molecule is Cc1ccc(-n2ncc(C(=O)Nc3cccnc3C)c2C2CC2)cc1Cl. The standard InChI is InChI=1S/C20H19ClN4O/c1-12-5-8-15(10-17(12)21)25-19(14-6-7-14)16(11-23-25)20(26)24-18-4-3-9-22-13(18)2/h3-5,8-11,14H,6-7H2,1-2H3,(H,24,26). The Balaban J connectivity index is 1.71. The fraction of sp³-hybridized carbons (Fsp3) is 0.250. The van der Waals surface area contributed by atoms with Gasteiger partial charge >= 0.3 is 0 Å². The monoisotopic (exact) mass is 366 g/mol. The Morgan fingerprint density at radius 3 is 2.77 bits per heavy atom. The van der Waals surface area contributed by atoms with E-state index < -0.39 is 0 Å². The van der Waals surface area contributed by atoms with Gasteiger partial charge in [0.25, 0.3) is 5.91 Å². The highest BCUT2D eigenvalue weighted by molar-refractivity contribution is 6.31. The van der Waals surface area contributed by atoms with Crippen LogP contribution >= 0.6 is 11.6 Å². The predicted molar refractivity (Wildman–Crippen MR) is 102 cm³/mol. The number of hydrogen-bond acceptors (Lipinski definition) is 3. The molecule has 0 spiro atoms. The van der Waals surface area contributed by atoms with Crippen LogP contribution in [0.1, 0.15) is 46.1 Å². The lowest BCUT2D eigenvalue weighted by molar-refractivity contribution is 0.102. The van der Waals surface area contributed by atoms with Gasteiger partial charge in [-0.3, -0.25) is 9.78 Å². The third kappa shape index (κ3) is 3.10. The van der Waals surface area contributed by atoms with E-state index in [1.54, 1.807) is 12.4 Å². The molecule has 0 unspecified atom stereocenters. The van der Waals surface area contributed by atoms with Gasteiger partial charge in [-0.25, -0.2) is 4.68 Å². The number of anilines is 1. The van der Waals surface area contributed by atoms with Gasteiger partial charge in [0.2, 0.25) is 0 Å². The third-order valence-electron chi connectivity index (χ3n) is 4.67. The van der Waals surface area contributed by atoms with Crippen LogP contribution < -0.4 is 5.32 Å². The number of halogens is 1. The van der Waals surface area contributed by atoms with Crippen molar-refractivity contribution in [2.75, 3.05) is 5.32 Å². The van der Waals surface area contributed by atoms with Crippen molar-refractivity contribution in [1.29, 1.82) is 0 Å². The lowest BCUT2D eigenvalue weighted by Crippen LogP contribution is -2.15. The van der Waals surface area contributed by atoms with Gasteiger partial charge < -0.3 is 5.32 Å². The van der Waals surface area contributed by atoms with E-state index in [2.05, 4.69) is 15.4 Å². The van der Waals surface area contributed by atoms with Crippen molar-refractivity contribution < 1.29 is 4.79 Å². The number of amides is 1. The normalized spacial score (nSPS) is 13.7. The van der Waals surface area contributed by atoms with Gasteiger partial charge in [-0.1, -0.05) is 17.7 Å². The minimum atomic E-state index is -0.160. The summed E-state index contributed by atoms with van der Waals surface area (Å²) in [4.78, 5) is 17.1. The summed E-state index contributed by atoms with van der Waals surface area (Å²) >= 11 is 6.28. The summed E-state index contributed by atoms with van der Waals surface area (Å²) in [5.74, 6) is 0.195. The fourth-order valence-electron chi connectivity index (χ4n) is 3.01. The molecule has 1 fully saturated rings. The summed E-state index contributed by atoms with van der Waals surface area (Å²) in [6, 6.07) is 9.49. The summed E-state index contributed by atoms with van der Waals surface area (Å²) in [5.41, 5.74) is 4.94. The average Bonchev–Trinajstić information content (AvgIpc) is 3.37. The van der Waals surface area contributed by atoms with E-state index in [-0.39, 0.29) is 5.91 Å². The van der Waals surface area contributed by atoms with Gasteiger partial charge in [0.1, 0.15) is 0 Å². The highest BCUT2D eigenvalue weighted by Crippen LogP contribution is 2.42. The molecule has 132 valence electrons. The van der Waals surface area contributed by atoms with Crippen molar-refractivity contribution in [2.45, 2.75) is 32.6 Å². The van der Waals surface area contributed by atoms with Gasteiger partial charge in [0, 0.05) is 17.1 Å². The Kier molecular flexibility index (Phi) is 4.24. The number of nitrogens with zero attached hydrogens (tertiary/aromatic N) is 3. The van der Waals surface area contributed by atoms with Gasteiger partial charge in [-0.2, -0.15) is 5.10 Å². The number of carbonyl (C=O) groups is 1. The second-order valence-corrected chi connectivity index (χ2v) is 7.06. The Bertz CT molecular complexity index is 991. The third-order valence-corrected chi connectivity index (χ3v) is 5.08. The zero-order valence-corrected chi connectivity index (χ0v) is 15.4. The minimum Gasteiger partial charge on any atom is -0.320 e. The first-order valence-corrected chi connectivity index (χ1v) is 9.00. The zero-order valence-electron chi connectivity index (χ0n) is 14.7. The van der Waals surface area contributed by atoms with Crippen LogP contribution in [0.15, 0.2) is 42.7 Å². The van der Waals surface area contributed by atoms with Crippen LogP contribution in [0.4, 0.5) is 5.69 Å². The summed E-state index contributed by atoms with van der Waals surface area (Å²) in [6.45, 7) is 3.83. The first-order chi connectivity index (χ1) is 12.5. The van der Waals surface area contributed by atoms with E-state index in [4.69, 9.17) is 11.6 Å². The molecule has 1 amide bonds. The van der Waals surface area contributed by atoms with Crippen molar-refractivity contribution in [3.63, 3.8) is 0 Å². The molecule has 1 aliphatic carbocycles. The number of carbonyl (C=O) groups excluding carboxylic acids is 1. The number of pyridine rings is 1. The molecular formula is C20H19ClN4O. The second-order valence-electron chi connectivity index (χ2n) is 6.65. The van der Waals surface area contributed by atoms with E-state index in [1.807, 2.05) is 48.9 Å². The average molecular weight is 367 g/mol. The summed E-state index contributed by atoms with van der Waals surface area (Å²) in [7, 11) is 0. The number of aryl methyl sites for hydroxylation is 2. The Labute approximate surface area is 157 Å². The lowest BCUT2D eigenvalue weighted by atomic mass is 10.1. The molecule has 1 aliphatic rings. The van der Waals surface area contributed by atoms with Crippen LogP contribution in [0.3, 0.4) is 0 Å². The molecule has 1 saturated carbocycles. The number of benzene rings is 1. The number of rotatable bonds is 4.